The summed E-state index contributed by atoms with van der Waals surface area (Å²) in [6.07, 6.45) is 8.09. The quantitative estimate of drug-likeness (QED) is 0.601. The third-order valence-electron chi connectivity index (χ3n) is 1.75. The van der Waals surface area contributed by atoms with Crippen LogP contribution in [0, 0.1) is 5.92 Å². The van der Waals surface area contributed by atoms with Gasteiger partial charge in [0.05, 0.1) is 0 Å². The van der Waals surface area contributed by atoms with Crippen LogP contribution < -0.4 is 0 Å². The lowest BCUT2D eigenvalue weighted by Crippen LogP contribution is -1.86. The van der Waals surface area contributed by atoms with Gasteiger partial charge < -0.3 is 9.47 Å². The van der Waals surface area contributed by atoms with Crippen LogP contribution in [0.15, 0.2) is 35.8 Å². The zero-order valence-corrected chi connectivity index (χ0v) is 10.4. The van der Waals surface area contributed by atoms with Crippen LogP contribution in [-0.4, -0.2) is 6.79 Å². The van der Waals surface area contributed by atoms with E-state index < -0.39 is 0 Å². The lowest BCUT2D eigenvalue weighted by molar-refractivity contribution is 0.0972. The molecule has 0 aromatic carbocycles. The van der Waals surface area contributed by atoms with Crippen molar-refractivity contribution in [2.45, 2.75) is 34.6 Å². The molecule has 2 heteroatoms. The molecule has 0 saturated carbocycles. The lowest BCUT2D eigenvalue weighted by atomic mass is 10.1. The maximum absolute atomic E-state index is 5.24. The van der Waals surface area contributed by atoms with Crippen molar-refractivity contribution in [1.29, 1.82) is 0 Å². The van der Waals surface area contributed by atoms with Crippen molar-refractivity contribution in [1.82, 2.24) is 0 Å². The Kier molecular flexibility index (Phi) is 7.51. The van der Waals surface area contributed by atoms with Crippen LogP contribution in [0.25, 0.3) is 0 Å². The average molecular weight is 210 g/mol. The van der Waals surface area contributed by atoms with Gasteiger partial charge >= 0.3 is 0 Å². The summed E-state index contributed by atoms with van der Waals surface area (Å²) in [5.41, 5.74) is 0. The average Bonchev–Trinajstić information content (AvgIpc) is 2.64. The van der Waals surface area contributed by atoms with Crippen molar-refractivity contribution >= 4 is 0 Å². The number of fused-ring (bicyclic) bond motifs is 1. The fraction of sp³-hybridized carbons (Fsp3) is 0.538. The fourth-order valence-corrected chi connectivity index (χ4v) is 1.17. The summed E-state index contributed by atoms with van der Waals surface area (Å²) in [7, 11) is 0. The second kappa shape index (κ2) is 8.16. The molecular weight excluding hydrogens is 188 g/mol. The predicted molar refractivity (Wildman–Crippen MR) is 64.2 cm³/mol. The molecule has 1 aliphatic carbocycles. The molecule has 15 heavy (non-hydrogen) atoms. The molecule has 1 atom stereocenters. The van der Waals surface area contributed by atoms with Gasteiger partial charge in [-0.2, -0.15) is 0 Å². The smallest absolute Gasteiger partial charge is 0.231 e. The number of hydrogen-bond acceptors (Lipinski definition) is 2. The zero-order valence-electron chi connectivity index (χ0n) is 10.4. The first-order valence-electron chi connectivity index (χ1n) is 5.72. The molecule has 0 amide bonds. The Morgan fingerprint density at radius 2 is 1.67 bits per heavy atom. The van der Waals surface area contributed by atoms with Gasteiger partial charge in [-0.15, -0.1) is 0 Å². The van der Waals surface area contributed by atoms with E-state index in [1.54, 1.807) is 0 Å². The van der Waals surface area contributed by atoms with Crippen LogP contribution in [0.2, 0.25) is 0 Å². The minimum Gasteiger partial charge on any atom is -0.454 e. The topological polar surface area (TPSA) is 18.5 Å². The first kappa shape index (κ1) is 13.8. The molecule has 1 unspecified atom stereocenters. The van der Waals surface area contributed by atoms with Crippen LogP contribution in [0.3, 0.4) is 0 Å². The van der Waals surface area contributed by atoms with Crippen molar-refractivity contribution in [2.75, 3.05) is 6.79 Å². The highest BCUT2D eigenvalue weighted by molar-refractivity contribution is 5.30. The monoisotopic (exact) mass is 210 g/mol. The van der Waals surface area contributed by atoms with E-state index in [0.29, 0.717) is 12.7 Å². The van der Waals surface area contributed by atoms with Crippen LogP contribution in [0.1, 0.15) is 34.6 Å². The zero-order chi connectivity index (χ0) is 11.7. The first-order chi connectivity index (χ1) is 7.36. The summed E-state index contributed by atoms with van der Waals surface area (Å²) in [5.74, 6) is 2.16. The number of rotatable bonds is 0. The highest BCUT2D eigenvalue weighted by Gasteiger charge is 2.17. The van der Waals surface area contributed by atoms with Crippen LogP contribution in [0.4, 0.5) is 0 Å². The van der Waals surface area contributed by atoms with E-state index in [4.69, 9.17) is 9.47 Å². The van der Waals surface area contributed by atoms with E-state index in [1.807, 2.05) is 39.8 Å². The summed E-state index contributed by atoms with van der Waals surface area (Å²) in [5, 5.41) is 0. The minimum atomic E-state index is 0.359. The van der Waals surface area contributed by atoms with Gasteiger partial charge in [-0.3, -0.25) is 0 Å². The van der Waals surface area contributed by atoms with E-state index in [-0.39, 0.29) is 0 Å². The Hall–Kier alpha value is -1.18. The molecule has 1 saturated heterocycles. The molecule has 0 spiro atoms. The van der Waals surface area contributed by atoms with Crippen molar-refractivity contribution in [3.63, 3.8) is 0 Å². The molecule has 86 valence electrons. The standard InChI is InChI=1S/C9H10O2.2C2H6/c1-7-3-2-4-8-9(5-7)11-6-10-8;2*1-2/h2-5,7H,6H2,1H3;2*1-2H3. The molecule has 1 heterocycles. The normalized spacial score (nSPS) is 21.0. The van der Waals surface area contributed by atoms with Gasteiger partial charge in [0.1, 0.15) is 0 Å². The summed E-state index contributed by atoms with van der Waals surface area (Å²) in [6, 6.07) is 0. The van der Waals surface area contributed by atoms with Crippen LogP contribution in [-0.2, 0) is 9.47 Å². The summed E-state index contributed by atoms with van der Waals surface area (Å²) in [6.45, 7) is 10.5. The summed E-state index contributed by atoms with van der Waals surface area (Å²) in [4.78, 5) is 0. The Morgan fingerprint density at radius 1 is 1.07 bits per heavy atom. The van der Waals surface area contributed by atoms with E-state index in [2.05, 4.69) is 19.1 Å². The minimum absolute atomic E-state index is 0.359. The SMILES string of the molecule is CC.CC.CC1C=CC=C2OCOC2=C1. The Labute approximate surface area is 93.3 Å². The van der Waals surface area contributed by atoms with E-state index in [0.717, 1.165) is 11.5 Å². The molecule has 1 fully saturated rings. The summed E-state index contributed by atoms with van der Waals surface area (Å²) < 4.78 is 10.4. The molecule has 2 rings (SSSR count). The molecule has 0 N–H and O–H groups in total. The molecule has 0 bridgehead atoms. The van der Waals surface area contributed by atoms with Crippen molar-refractivity contribution < 1.29 is 9.47 Å². The lowest BCUT2D eigenvalue weighted by Gasteiger charge is -1.96. The van der Waals surface area contributed by atoms with Crippen molar-refractivity contribution in [3.8, 4) is 0 Å². The second-order valence-electron chi connectivity index (χ2n) is 2.71. The molecule has 1 aliphatic heterocycles. The maximum atomic E-state index is 5.24. The van der Waals surface area contributed by atoms with Gasteiger partial charge in [-0.1, -0.05) is 46.8 Å². The Balaban J connectivity index is 0.000000442. The van der Waals surface area contributed by atoms with Gasteiger partial charge in [-0.25, -0.2) is 0 Å². The molecular formula is C13H22O2. The highest BCUT2D eigenvalue weighted by Crippen LogP contribution is 2.24. The number of ether oxygens (including phenoxy) is 2. The Bertz CT molecular complexity index is 249. The van der Waals surface area contributed by atoms with E-state index >= 15 is 0 Å². The van der Waals surface area contributed by atoms with Crippen LogP contribution >= 0.6 is 0 Å². The van der Waals surface area contributed by atoms with E-state index in [1.165, 1.54) is 0 Å². The van der Waals surface area contributed by atoms with Crippen LogP contribution in [0.5, 0.6) is 0 Å². The van der Waals surface area contributed by atoms with Gasteiger partial charge in [0.25, 0.3) is 0 Å². The fourth-order valence-electron chi connectivity index (χ4n) is 1.17. The Morgan fingerprint density at radius 3 is 2.33 bits per heavy atom. The second-order valence-corrected chi connectivity index (χ2v) is 2.71. The van der Waals surface area contributed by atoms with Crippen molar-refractivity contribution in [2.24, 2.45) is 5.92 Å². The maximum Gasteiger partial charge on any atom is 0.231 e. The number of allylic oxidation sites excluding steroid dienone is 4. The van der Waals surface area contributed by atoms with Gasteiger partial charge in [0, 0.05) is 0 Å². The van der Waals surface area contributed by atoms with Gasteiger partial charge in [0.15, 0.2) is 11.5 Å². The molecule has 2 nitrogen and oxygen atoms in total. The van der Waals surface area contributed by atoms with E-state index in [9.17, 15) is 0 Å². The van der Waals surface area contributed by atoms with Crippen molar-refractivity contribution in [3.05, 3.63) is 35.8 Å². The van der Waals surface area contributed by atoms with Gasteiger partial charge in [0.2, 0.25) is 6.79 Å². The molecule has 0 aromatic rings. The predicted octanol–water partition coefficient (Wildman–Crippen LogP) is 4.02. The highest BCUT2D eigenvalue weighted by atomic mass is 16.7. The third-order valence-corrected chi connectivity index (χ3v) is 1.75. The third kappa shape index (κ3) is 4.24. The van der Waals surface area contributed by atoms with Gasteiger partial charge in [-0.05, 0) is 18.1 Å². The largest absolute Gasteiger partial charge is 0.454 e. The summed E-state index contributed by atoms with van der Waals surface area (Å²) >= 11 is 0. The molecule has 0 aromatic heterocycles. The first-order valence-corrected chi connectivity index (χ1v) is 5.72. The number of hydrogen-bond donors (Lipinski definition) is 0. The molecule has 0 radical (unpaired) electrons. The molecule has 2 aliphatic rings.